The topological polar surface area (TPSA) is 99.6 Å². The van der Waals surface area contributed by atoms with Crippen molar-refractivity contribution in [2.75, 3.05) is 37.4 Å². The van der Waals surface area contributed by atoms with Gasteiger partial charge in [-0.05, 0) is 18.6 Å². The molecule has 2 rings (SSSR count). The fourth-order valence-corrected chi connectivity index (χ4v) is 1.92. The zero-order valence-corrected chi connectivity index (χ0v) is 11.6. The van der Waals surface area contributed by atoms with Crippen LogP contribution in [0.1, 0.15) is 23.7 Å². The molecule has 0 aromatic heterocycles. The van der Waals surface area contributed by atoms with Gasteiger partial charge in [0.05, 0.1) is 25.5 Å². The van der Waals surface area contributed by atoms with E-state index in [1.54, 1.807) is 12.1 Å². The van der Waals surface area contributed by atoms with Crippen LogP contribution in [-0.2, 0) is 4.74 Å². The number of benzene rings is 1. The highest BCUT2D eigenvalue weighted by molar-refractivity contribution is 5.96. The molecule has 0 unspecified atom stereocenters. The van der Waals surface area contributed by atoms with Crippen molar-refractivity contribution >= 4 is 17.3 Å². The van der Waals surface area contributed by atoms with Crippen LogP contribution in [0, 0.1) is 5.92 Å². The van der Waals surface area contributed by atoms with E-state index < -0.39 is 5.91 Å². The molecule has 1 fully saturated rings. The molecule has 0 aliphatic carbocycles. The predicted molar refractivity (Wildman–Crippen MR) is 78.0 cm³/mol. The Morgan fingerprint density at radius 1 is 1.50 bits per heavy atom. The molecule has 5 N–H and O–H groups in total. The Bertz CT molecular complexity index is 487. The van der Waals surface area contributed by atoms with Crippen LogP contribution in [0.15, 0.2) is 12.1 Å². The van der Waals surface area contributed by atoms with Crippen LogP contribution in [0.25, 0.3) is 0 Å². The molecule has 1 saturated heterocycles. The smallest absolute Gasteiger partial charge is 0.248 e. The van der Waals surface area contributed by atoms with Crippen LogP contribution >= 0.6 is 0 Å². The lowest BCUT2D eigenvalue weighted by atomic mass is 10.1. The van der Waals surface area contributed by atoms with E-state index in [2.05, 4.69) is 12.2 Å². The minimum absolute atomic E-state index is 0.351. The highest BCUT2D eigenvalue weighted by Gasteiger charge is 2.20. The van der Waals surface area contributed by atoms with Crippen molar-refractivity contribution in [1.82, 2.24) is 0 Å². The minimum Gasteiger partial charge on any atom is -0.491 e. The largest absolute Gasteiger partial charge is 0.491 e. The van der Waals surface area contributed by atoms with Crippen molar-refractivity contribution in [1.29, 1.82) is 0 Å². The van der Waals surface area contributed by atoms with Gasteiger partial charge in [-0.1, -0.05) is 6.92 Å². The number of hydrogen-bond donors (Lipinski definition) is 3. The molecular formula is C14H21N3O3. The summed E-state index contributed by atoms with van der Waals surface area (Å²) in [6.07, 6.45) is 0.965. The Hall–Kier alpha value is -1.95. The number of nitrogen functional groups attached to an aromatic ring is 1. The molecule has 20 heavy (non-hydrogen) atoms. The number of carbonyl (C=O) groups is 1. The van der Waals surface area contributed by atoms with E-state index in [0.29, 0.717) is 42.7 Å². The molecule has 1 amide bonds. The van der Waals surface area contributed by atoms with Gasteiger partial charge in [-0.2, -0.15) is 0 Å². The Balaban J connectivity index is 2.19. The fourth-order valence-electron chi connectivity index (χ4n) is 1.92. The third-order valence-electron chi connectivity index (χ3n) is 3.15. The van der Waals surface area contributed by atoms with Crippen molar-refractivity contribution < 1.29 is 14.3 Å². The molecule has 0 radical (unpaired) electrons. The molecule has 1 aliphatic heterocycles. The van der Waals surface area contributed by atoms with Crippen LogP contribution in [0.4, 0.5) is 11.4 Å². The molecule has 1 aromatic rings. The number of anilines is 2. The minimum atomic E-state index is -0.518. The first kappa shape index (κ1) is 14.5. The molecule has 1 heterocycles. The molecule has 110 valence electrons. The standard InChI is InChI=1S/C14H21N3O3/c1-2-3-17-13-11(15)4-10(14(16)18)5-12(13)20-8-9-6-19-7-9/h4-5,9,17H,2-3,6-8,15H2,1H3,(H2,16,18). The molecule has 1 aromatic carbocycles. The number of rotatable bonds is 7. The number of primary amides is 1. The first-order valence-corrected chi connectivity index (χ1v) is 6.79. The van der Waals surface area contributed by atoms with Gasteiger partial charge in [0.1, 0.15) is 11.4 Å². The highest BCUT2D eigenvalue weighted by Crippen LogP contribution is 2.33. The lowest BCUT2D eigenvalue weighted by Crippen LogP contribution is -2.32. The summed E-state index contributed by atoms with van der Waals surface area (Å²) in [5.41, 5.74) is 12.8. The van der Waals surface area contributed by atoms with Gasteiger partial charge in [-0.15, -0.1) is 0 Å². The second kappa shape index (κ2) is 6.47. The van der Waals surface area contributed by atoms with E-state index in [0.717, 1.165) is 18.7 Å². The number of nitrogens with one attached hydrogen (secondary N) is 1. The maximum Gasteiger partial charge on any atom is 0.248 e. The summed E-state index contributed by atoms with van der Waals surface area (Å²) >= 11 is 0. The Labute approximate surface area is 118 Å². The average molecular weight is 279 g/mol. The molecule has 0 bridgehead atoms. The monoisotopic (exact) mass is 279 g/mol. The van der Waals surface area contributed by atoms with E-state index in [-0.39, 0.29) is 0 Å². The lowest BCUT2D eigenvalue weighted by molar-refractivity contribution is -0.0507. The zero-order valence-electron chi connectivity index (χ0n) is 11.6. The summed E-state index contributed by atoms with van der Waals surface area (Å²) in [5.74, 6) is 0.446. The predicted octanol–water partition coefficient (Wildman–Crippen LogP) is 1.21. The van der Waals surface area contributed by atoms with Crippen LogP contribution in [-0.4, -0.2) is 32.3 Å². The van der Waals surface area contributed by atoms with Gasteiger partial charge >= 0.3 is 0 Å². The number of hydrogen-bond acceptors (Lipinski definition) is 5. The lowest BCUT2D eigenvalue weighted by Gasteiger charge is -2.26. The Morgan fingerprint density at radius 2 is 2.25 bits per heavy atom. The SMILES string of the molecule is CCCNc1c(N)cc(C(N)=O)cc1OCC1COC1. The third kappa shape index (κ3) is 3.33. The van der Waals surface area contributed by atoms with Gasteiger partial charge in [-0.3, -0.25) is 4.79 Å². The summed E-state index contributed by atoms with van der Waals surface area (Å²) in [6, 6.07) is 3.20. The summed E-state index contributed by atoms with van der Waals surface area (Å²) in [6.45, 7) is 4.81. The second-order valence-electron chi connectivity index (χ2n) is 4.94. The molecule has 1 aliphatic rings. The summed E-state index contributed by atoms with van der Waals surface area (Å²) < 4.78 is 10.9. The maximum atomic E-state index is 11.3. The van der Waals surface area contributed by atoms with Crippen molar-refractivity contribution in [3.05, 3.63) is 17.7 Å². The van der Waals surface area contributed by atoms with E-state index in [1.807, 2.05) is 0 Å². The fraction of sp³-hybridized carbons (Fsp3) is 0.500. The molecular weight excluding hydrogens is 258 g/mol. The normalized spacial score (nSPS) is 14.7. The number of nitrogens with two attached hydrogens (primary N) is 2. The van der Waals surface area contributed by atoms with Gasteiger partial charge in [0, 0.05) is 18.0 Å². The van der Waals surface area contributed by atoms with Gasteiger partial charge in [-0.25, -0.2) is 0 Å². The van der Waals surface area contributed by atoms with Crippen molar-refractivity contribution in [2.45, 2.75) is 13.3 Å². The molecule has 6 heteroatoms. The summed E-state index contributed by atoms with van der Waals surface area (Å²) in [7, 11) is 0. The van der Waals surface area contributed by atoms with Crippen LogP contribution in [0.5, 0.6) is 5.75 Å². The zero-order chi connectivity index (χ0) is 14.5. The van der Waals surface area contributed by atoms with Crippen LogP contribution in [0.2, 0.25) is 0 Å². The summed E-state index contributed by atoms with van der Waals surface area (Å²) in [5, 5.41) is 3.22. The first-order chi connectivity index (χ1) is 9.61. The van der Waals surface area contributed by atoms with Gasteiger partial charge in [0.2, 0.25) is 5.91 Å². The molecule has 0 atom stereocenters. The number of ether oxygens (including phenoxy) is 2. The maximum absolute atomic E-state index is 11.3. The quantitative estimate of drug-likeness (QED) is 0.652. The van der Waals surface area contributed by atoms with Crippen molar-refractivity contribution in [3.8, 4) is 5.75 Å². The number of carbonyl (C=O) groups excluding carboxylic acids is 1. The van der Waals surface area contributed by atoms with Crippen molar-refractivity contribution in [3.63, 3.8) is 0 Å². The van der Waals surface area contributed by atoms with Crippen molar-refractivity contribution in [2.24, 2.45) is 11.7 Å². The molecule has 6 nitrogen and oxygen atoms in total. The summed E-state index contributed by atoms with van der Waals surface area (Å²) in [4.78, 5) is 11.3. The van der Waals surface area contributed by atoms with Gasteiger partial charge in [0.25, 0.3) is 0 Å². The third-order valence-corrected chi connectivity index (χ3v) is 3.15. The van der Waals surface area contributed by atoms with Gasteiger partial charge in [0.15, 0.2) is 0 Å². The molecule has 0 saturated carbocycles. The number of amides is 1. The van der Waals surface area contributed by atoms with E-state index in [1.165, 1.54) is 0 Å². The first-order valence-electron chi connectivity index (χ1n) is 6.79. The van der Waals surface area contributed by atoms with E-state index in [9.17, 15) is 4.79 Å². The Kier molecular flexibility index (Phi) is 4.68. The van der Waals surface area contributed by atoms with Crippen LogP contribution < -0.4 is 21.5 Å². The Morgan fingerprint density at radius 3 is 2.80 bits per heavy atom. The van der Waals surface area contributed by atoms with E-state index >= 15 is 0 Å². The second-order valence-corrected chi connectivity index (χ2v) is 4.94. The highest BCUT2D eigenvalue weighted by atomic mass is 16.5. The molecule has 0 spiro atoms. The van der Waals surface area contributed by atoms with E-state index in [4.69, 9.17) is 20.9 Å². The average Bonchev–Trinajstić information content (AvgIpc) is 2.35. The van der Waals surface area contributed by atoms with Gasteiger partial charge < -0.3 is 26.3 Å². The van der Waals surface area contributed by atoms with Crippen LogP contribution in [0.3, 0.4) is 0 Å².